The minimum Gasteiger partial charge on any atom is -0.478 e. The van der Waals surface area contributed by atoms with E-state index in [-0.39, 0.29) is 27.5 Å². The topological polar surface area (TPSA) is 95.1 Å². The van der Waals surface area contributed by atoms with Crippen LogP contribution in [0.5, 0.6) is 0 Å². The molecule has 3 rings (SSSR count). The van der Waals surface area contributed by atoms with Gasteiger partial charge in [0.05, 0.1) is 16.3 Å². The summed E-state index contributed by atoms with van der Waals surface area (Å²) in [5.41, 5.74) is -1.10. The Bertz CT molecular complexity index is 1090. The Kier molecular flexibility index (Phi) is 5.29. The zero-order chi connectivity index (χ0) is 21.3. The standard InChI is InChI=1S/C18H10ClF4N3O3/c19-12-6-5-10(7-11(12)16(28)29)24-15(27)14-13(8-1-3-9(20)4-2-8)25-17(26-14)18(21,22)23/h1-7H,(H,24,27)(H,25,26)(H,28,29). The van der Waals surface area contributed by atoms with Crippen LogP contribution in [-0.4, -0.2) is 27.0 Å². The minimum atomic E-state index is -4.86. The van der Waals surface area contributed by atoms with Gasteiger partial charge in [0.25, 0.3) is 5.91 Å². The van der Waals surface area contributed by atoms with Crippen LogP contribution in [0, 0.1) is 5.82 Å². The largest absolute Gasteiger partial charge is 0.478 e. The van der Waals surface area contributed by atoms with Crippen LogP contribution >= 0.6 is 11.6 Å². The average Bonchev–Trinajstić information content (AvgIpc) is 3.09. The number of carboxylic acids is 1. The van der Waals surface area contributed by atoms with Crippen LogP contribution < -0.4 is 5.32 Å². The van der Waals surface area contributed by atoms with Crippen LogP contribution in [0.25, 0.3) is 11.3 Å². The highest BCUT2D eigenvalue weighted by molar-refractivity contribution is 6.33. The second-order valence-corrected chi connectivity index (χ2v) is 6.17. The van der Waals surface area contributed by atoms with Crippen molar-refractivity contribution in [2.75, 3.05) is 5.32 Å². The first-order valence-corrected chi connectivity index (χ1v) is 8.21. The fraction of sp³-hybridized carbons (Fsp3) is 0.0556. The van der Waals surface area contributed by atoms with Gasteiger partial charge in [-0.1, -0.05) is 11.6 Å². The number of anilines is 1. The number of carboxylic acid groups (broad SMARTS) is 1. The number of imidazole rings is 1. The van der Waals surface area contributed by atoms with Gasteiger partial charge in [-0.3, -0.25) is 4.79 Å². The lowest BCUT2D eigenvalue weighted by Crippen LogP contribution is -2.15. The molecule has 2 aromatic carbocycles. The molecule has 0 radical (unpaired) electrons. The van der Waals surface area contributed by atoms with Gasteiger partial charge in [0, 0.05) is 11.3 Å². The van der Waals surface area contributed by atoms with Crippen LogP contribution in [0.1, 0.15) is 26.7 Å². The molecule has 150 valence electrons. The van der Waals surface area contributed by atoms with Gasteiger partial charge in [-0.2, -0.15) is 13.2 Å². The number of hydrogen-bond donors (Lipinski definition) is 3. The molecule has 11 heteroatoms. The number of H-pyrrole nitrogens is 1. The zero-order valence-corrected chi connectivity index (χ0v) is 14.9. The first-order valence-electron chi connectivity index (χ1n) is 7.83. The van der Waals surface area contributed by atoms with Crippen LogP contribution in [0.4, 0.5) is 23.2 Å². The van der Waals surface area contributed by atoms with Crippen molar-refractivity contribution in [1.82, 2.24) is 9.97 Å². The van der Waals surface area contributed by atoms with Gasteiger partial charge < -0.3 is 15.4 Å². The van der Waals surface area contributed by atoms with Gasteiger partial charge in [0.1, 0.15) is 5.82 Å². The molecule has 0 bridgehead atoms. The Morgan fingerprint density at radius 2 is 1.76 bits per heavy atom. The number of halogens is 5. The number of aromatic nitrogens is 2. The van der Waals surface area contributed by atoms with Crippen molar-refractivity contribution in [2.45, 2.75) is 6.18 Å². The molecule has 0 saturated carbocycles. The van der Waals surface area contributed by atoms with E-state index >= 15 is 0 Å². The molecule has 3 N–H and O–H groups in total. The van der Waals surface area contributed by atoms with Crippen LogP contribution in [0.2, 0.25) is 5.02 Å². The van der Waals surface area contributed by atoms with Gasteiger partial charge in [0.15, 0.2) is 5.69 Å². The van der Waals surface area contributed by atoms with Crippen molar-refractivity contribution in [2.24, 2.45) is 0 Å². The van der Waals surface area contributed by atoms with E-state index in [0.717, 1.165) is 18.2 Å². The molecule has 0 aliphatic carbocycles. The Morgan fingerprint density at radius 3 is 2.34 bits per heavy atom. The van der Waals surface area contributed by atoms with Crippen molar-refractivity contribution >= 4 is 29.2 Å². The Labute approximate surface area is 165 Å². The van der Waals surface area contributed by atoms with E-state index in [4.69, 9.17) is 16.7 Å². The lowest BCUT2D eigenvalue weighted by atomic mass is 10.1. The van der Waals surface area contributed by atoms with Crippen molar-refractivity contribution < 1.29 is 32.3 Å². The highest BCUT2D eigenvalue weighted by atomic mass is 35.5. The highest BCUT2D eigenvalue weighted by Crippen LogP contribution is 2.32. The SMILES string of the molecule is O=C(O)c1cc(NC(=O)c2nc(C(F)(F)F)[nH]c2-c2ccc(F)cc2)ccc1Cl. The maximum Gasteiger partial charge on any atom is 0.449 e. The fourth-order valence-electron chi connectivity index (χ4n) is 2.45. The Balaban J connectivity index is 2.02. The van der Waals surface area contributed by atoms with Crippen LogP contribution in [0.3, 0.4) is 0 Å². The normalized spacial score (nSPS) is 11.3. The van der Waals surface area contributed by atoms with Crippen LogP contribution in [0.15, 0.2) is 42.5 Å². The summed E-state index contributed by atoms with van der Waals surface area (Å²) in [5.74, 6) is -4.41. The summed E-state index contributed by atoms with van der Waals surface area (Å²) in [6.45, 7) is 0. The maximum absolute atomic E-state index is 13.1. The van der Waals surface area contributed by atoms with Crippen molar-refractivity contribution in [3.63, 3.8) is 0 Å². The number of amides is 1. The Hall–Kier alpha value is -3.40. The molecule has 0 aliphatic heterocycles. The van der Waals surface area contributed by atoms with Gasteiger partial charge >= 0.3 is 12.1 Å². The molecule has 1 heterocycles. The molecule has 0 unspecified atom stereocenters. The second-order valence-electron chi connectivity index (χ2n) is 5.77. The molecule has 1 aromatic heterocycles. The van der Waals surface area contributed by atoms with Crippen molar-refractivity contribution in [3.8, 4) is 11.3 Å². The molecule has 1 amide bonds. The summed E-state index contributed by atoms with van der Waals surface area (Å²) in [6.07, 6.45) is -4.86. The summed E-state index contributed by atoms with van der Waals surface area (Å²) in [4.78, 5) is 29.1. The molecule has 0 fully saturated rings. The quantitative estimate of drug-likeness (QED) is 0.519. The maximum atomic E-state index is 13.1. The zero-order valence-electron chi connectivity index (χ0n) is 14.1. The summed E-state index contributed by atoms with van der Waals surface area (Å²) >= 11 is 5.75. The van der Waals surface area contributed by atoms with E-state index in [2.05, 4.69) is 10.3 Å². The number of hydrogen-bond acceptors (Lipinski definition) is 3. The monoisotopic (exact) mass is 427 g/mol. The number of rotatable bonds is 4. The van der Waals surface area contributed by atoms with Gasteiger partial charge in [-0.25, -0.2) is 14.2 Å². The van der Waals surface area contributed by atoms with Gasteiger partial charge in [0.2, 0.25) is 5.82 Å². The number of nitrogens with one attached hydrogen (secondary N) is 2. The predicted octanol–water partition coefficient (Wildman–Crippen LogP) is 4.84. The number of carbonyl (C=O) groups is 2. The van der Waals surface area contributed by atoms with Gasteiger partial charge in [-0.05, 0) is 42.5 Å². The summed E-state index contributed by atoms with van der Waals surface area (Å²) in [7, 11) is 0. The number of alkyl halides is 3. The highest BCUT2D eigenvalue weighted by Gasteiger charge is 2.37. The molecule has 0 saturated heterocycles. The number of aromatic amines is 1. The molecule has 0 atom stereocenters. The summed E-state index contributed by atoms with van der Waals surface area (Å²) < 4.78 is 52.4. The molecular weight excluding hydrogens is 418 g/mol. The summed E-state index contributed by atoms with van der Waals surface area (Å²) in [5, 5.41) is 11.3. The van der Waals surface area contributed by atoms with Crippen LogP contribution in [-0.2, 0) is 6.18 Å². The molecular formula is C18H10ClF4N3O3. The second kappa shape index (κ2) is 7.55. The third kappa shape index (κ3) is 4.37. The molecule has 29 heavy (non-hydrogen) atoms. The Morgan fingerprint density at radius 1 is 1.10 bits per heavy atom. The van der Waals surface area contributed by atoms with E-state index in [9.17, 15) is 27.2 Å². The van der Waals surface area contributed by atoms with Crippen molar-refractivity contribution in [3.05, 3.63) is 70.4 Å². The molecule has 6 nitrogen and oxygen atoms in total. The third-order valence-electron chi connectivity index (χ3n) is 3.77. The van der Waals surface area contributed by atoms with E-state index in [1.807, 2.05) is 4.98 Å². The lowest BCUT2D eigenvalue weighted by molar-refractivity contribution is -0.144. The first-order chi connectivity index (χ1) is 13.6. The minimum absolute atomic E-state index is 0.0154. The molecule has 0 aliphatic rings. The number of benzene rings is 2. The summed E-state index contributed by atoms with van der Waals surface area (Å²) in [6, 6.07) is 7.95. The fourth-order valence-corrected chi connectivity index (χ4v) is 2.65. The number of carbonyl (C=O) groups excluding carboxylic acids is 1. The van der Waals surface area contributed by atoms with E-state index in [1.54, 1.807) is 0 Å². The van der Waals surface area contributed by atoms with E-state index < -0.39 is 35.4 Å². The lowest BCUT2D eigenvalue weighted by Gasteiger charge is -2.07. The average molecular weight is 428 g/mol. The smallest absolute Gasteiger partial charge is 0.449 e. The molecule has 0 spiro atoms. The van der Waals surface area contributed by atoms with Crippen molar-refractivity contribution in [1.29, 1.82) is 0 Å². The third-order valence-corrected chi connectivity index (χ3v) is 4.10. The first kappa shape index (κ1) is 20.3. The number of aromatic carboxylic acids is 1. The van der Waals surface area contributed by atoms with Gasteiger partial charge in [-0.15, -0.1) is 0 Å². The molecule has 3 aromatic rings. The van der Waals surface area contributed by atoms with E-state index in [1.165, 1.54) is 24.3 Å². The number of nitrogens with zero attached hydrogens (tertiary/aromatic N) is 1. The predicted molar refractivity (Wildman–Crippen MR) is 95.3 cm³/mol. The van der Waals surface area contributed by atoms with E-state index in [0.29, 0.717) is 0 Å².